The molecule has 0 aromatic heterocycles. The minimum absolute atomic E-state index is 0.0589. The van der Waals surface area contributed by atoms with E-state index in [-0.39, 0.29) is 6.54 Å². The number of hydrogen-bond acceptors (Lipinski definition) is 5. The quantitative estimate of drug-likeness (QED) is 0.604. The van der Waals surface area contributed by atoms with E-state index in [9.17, 15) is 9.59 Å². The summed E-state index contributed by atoms with van der Waals surface area (Å²) < 4.78 is 9.85. The number of rotatable bonds is 6. The van der Waals surface area contributed by atoms with E-state index in [1.165, 1.54) is 7.11 Å². The summed E-state index contributed by atoms with van der Waals surface area (Å²) in [4.78, 5) is 23.6. The van der Waals surface area contributed by atoms with Crippen LogP contribution in [0.2, 0.25) is 0 Å². The summed E-state index contributed by atoms with van der Waals surface area (Å²) in [7, 11) is 1.30. The Kier molecular flexibility index (Phi) is 7.64. The van der Waals surface area contributed by atoms with E-state index in [0.29, 0.717) is 11.4 Å². The summed E-state index contributed by atoms with van der Waals surface area (Å²) in [5.41, 5.74) is 0.392. The van der Waals surface area contributed by atoms with Crippen molar-refractivity contribution in [3.05, 3.63) is 35.9 Å². The van der Waals surface area contributed by atoms with Crippen LogP contribution in [0.15, 0.2) is 30.3 Å². The number of ether oxygens (including phenoxy) is 2. The SMILES string of the molecule is COC(=O)CNC(=S)[C@H](Cc1ccccc1)NC(=O)OC(C)(C)C. The molecule has 1 aromatic carbocycles. The fourth-order valence-electron chi connectivity index (χ4n) is 1.86. The summed E-state index contributed by atoms with van der Waals surface area (Å²) in [5.74, 6) is -0.437. The first kappa shape index (κ1) is 19.9. The molecule has 1 aromatic rings. The van der Waals surface area contributed by atoms with Gasteiger partial charge in [-0.25, -0.2) is 4.79 Å². The van der Waals surface area contributed by atoms with E-state index in [0.717, 1.165) is 5.56 Å². The van der Waals surface area contributed by atoms with Gasteiger partial charge in [-0.1, -0.05) is 42.5 Å². The predicted octanol–water partition coefficient (Wildman–Crippen LogP) is 2.21. The summed E-state index contributed by atoms with van der Waals surface area (Å²) >= 11 is 5.31. The number of nitrogens with one attached hydrogen (secondary N) is 2. The highest BCUT2D eigenvalue weighted by Gasteiger charge is 2.22. The van der Waals surface area contributed by atoms with Gasteiger partial charge in [0.25, 0.3) is 0 Å². The highest BCUT2D eigenvalue weighted by molar-refractivity contribution is 7.80. The largest absolute Gasteiger partial charge is 0.468 e. The van der Waals surface area contributed by atoms with E-state index in [2.05, 4.69) is 15.4 Å². The smallest absolute Gasteiger partial charge is 0.408 e. The molecule has 0 saturated heterocycles. The lowest BCUT2D eigenvalue weighted by Gasteiger charge is -2.24. The number of alkyl carbamates (subject to hydrolysis) is 1. The molecule has 0 fully saturated rings. The first-order chi connectivity index (χ1) is 11.2. The van der Waals surface area contributed by atoms with E-state index in [1.54, 1.807) is 20.8 Å². The Balaban J connectivity index is 2.76. The number of thiocarbonyl (C=S) groups is 1. The van der Waals surface area contributed by atoms with Gasteiger partial charge in [-0.05, 0) is 32.8 Å². The second kappa shape index (κ2) is 9.22. The highest BCUT2D eigenvalue weighted by atomic mass is 32.1. The van der Waals surface area contributed by atoms with Crippen LogP contribution in [0, 0.1) is 0 Å². The predicted molar refractivity (Wildman–Crippen MR) is 95.9 cm³/mol. The van der Waals surface area contributed by atoms with Crippen molar-refractivity contribution in [3.8, 4) is 0 Å². The molecule has 0 radical (unpaired) electrons. The normalized spacial score (nSPS) is 12.0. The monoisotopic (exact) mass is 352 g/mol. The lowest BCUT2D eigenvalue weighted by atomic mass is 10.1. The molecule has 0 spiro atoms. The summed E-state index contributed by atoms with van der Waals surface area (Å²) in [6.07, 6.45) is -0.0850. The van der Waals surface area contributed by atoms with Gasteiger partial charge in [-0.2, -0.15) is 0 Å². The fraction of sp³-hybridized carbons (Fsp3) is 0.471. The van der Waals surface area contributed by atoms with Crippen LogP contribution in [0.4, 0.5) is 4.79 Å². The second-order valence-electron chi connectivity index (χ2n) is 6.18. The van der Waals surface area contributed by atoms with Crippen LogP contribution in [0.3, 0.4) is 0 Å². The van der Waals surface area contributed by atoms with Crippen molar-refractivity contribution < 1.29 is 19.1 Å². The van der Waals surface area contributed by atoms with Crippen molar-refractivity contribution >= 4 is 29.3 Å². The Morgan fingerprint density at radius 1 is 1.21 bits per heavy atom. The van der Waals surface area contributed by atoms with Crippen molar-refractivity contribution in [1.29, 1.82) is 0 Å². The van der Waals surface area contributed by atoms with Crippen LogP contribution < -0.4 is 10.6 Å². The van der Waals surface area contributed by atoms with Gasteiger partial charge < -0.3 is 20.1 Å². The second-order valence-corrected chi connectivity index (χ2v) is 6.62. The van der Waals surface area contributed by atoms with Crippen LogP contribution in [0.1, 0.15) is 26.3 Å². The number of esters is 1. The number of carbonyl (C=O) groups is 2. The molecule has 1 rings (SSSR count). The topological polar surface area (TPSA) is 76.7 Å². The van der Waals surface area contributed by atoms with Crippen LogP contribution in [-0.2, 0) is 20.7 Å². The van der Waals surface area contributed by atoms with E-state index < -0.39 is 23.7 Å². The maximum absolute atomic E-state index is 12.0. The number of amides is 1. The molecule has 7 heteroatoms. The maximum atomic E-state index is 12.0. The highest BCUT2D eigenvalue weighted by Crippen LogP contribution is 2.09. The Hall–Kier alpha value is -2.15. The summed E-state index contributed by atoms with van der Waals surface area (Å²) in [5, 5.41) is 5.56. The lowest BCUT2D eigenvalue weighted by molar-refractivity contribution is -0.139. The molecule has 0 unspecified atom stereocenters. The van der Waals surface area contributed by atoms with Gasteiger partial charge in [-0.15, -0.1) is 0 Å². The zero-order valence-corrected chi connectivity index (χ0v) is 15.2. The molecule has 0 bridgehead atoms. The molecule has 24 heavy (non-hydrogen) atoms. The number of methoxy groups -OCH3 is 1. The Morgan fingerprint density at radius 3 is 2.38 bits per heavy atom. The molecular formula is C17H24N2O4S. The molecule has 0 heterocycles. The maximum Gasteiger partial charge on any atom is 0.408 e. The summed E-state index contributed by atoms with van der Waals surface area (Å²) in [6, 6.07) is 9.10. The van der Waals surface area contributed by atoms with Crippen molar-refractivity contribution in [2.45, 2.75) is 38.8 Å². The molecule has 0 aliphatic carbocycles. The average Bonchev–Trinajstić information content (AvgIpc) is 2.50. The minimum Gasteiger partial charge on any atom is -0.468 e. The van der Waals surface area contributed by atoms with E-state index in [4.69, 9.17) is 17.0 Å². The van der Waals surface area contributed by atoms with Gasteiger partial charge in [0.2, 0.25) is 0 Å². The first-order valence-electron chi connectivity index (χ1n) is 7.59. The molecule has 1 amide bonds. The zero-order chi connectivity index (χ0) is 18.2. The van der Waals surface area contributed by atoms with Crippen LogP contribution in [0.5, 0.6) is 0 Å². The number of carbonyl (C=O) groups excluding carboxylic acids is 2. The Bertz CT molecular complexity index is 570. The molecule has 6 nitrogen and oxygen atoms in total. The summed E-state index contributed by atoms with van der Waals surface area (Å²) in [6.45, 7) is 5.29. The van der Waals surface area contributed by atoms with Crippen molar-refractivity contribution in [3.63, 3.8) is 0 Å². The third kappa shape index (κ3) is 7.92. The Labute approximate surface area is 147 Å². The van der Waals surface area contributed by atoms with Gasteiger partial charge in [0.05, 0.1) is 18.1 Å². The number of hydrogen-bond donors (Lipinski definition) is 2. The molecule has 2 N–H and O–H groups in total. The molecule has 0 saturated carbocycles. The molecular weight excluding hydrogens is 328 g/mol. The van der Waals surface area contributed by atoms with Crippen LogP contribution in [0.25, 0.3) is 0 Å². The van der Waals surface area contributed by atoms with Gasteiger partial charge in [0.1, 0.15) is 12.1 Å². The molecule has 0 aliphatic rings. The van der Waals surface area contributed by atoms with Gasteiger partial charge in [0, 0.05) is 0 Å². The van der Waals surface area contributed by atoms with Crippen molar-refractivity contribution in [2.24, 2.45) is 0 Å². The molecule has 1 atom stereocenters. The van der Waals surface area contributed by atoms with Crippen molar-refractivity contribution in [2.75, 3.05) is 13.7 Å². The number of benzene rings is 1. The third-order valence-electron chi connectivity index (χ3n) is 2.92. The molecule has 132 valence electrons. The minimum atomic E-state index is -0.609. The van der Waals surface area contributed by atoms with Gasteiger partial charge >= 0.3 is 12.1 Å². The molecule has 0 aliphatic heterocycles. The zero-order valence-electron chi connectivity index (χ0n) is 14.4. The average molecular weight is 352 g/mol. The fourth-order valence-corrected chi connectivity index (χ4v) is 2.08. The van der Waals surface area contributed by atoms with Gasteiger partial charge in [0.15, 0.2) is 0 Å². The van der Waals surface area contributed by atoms with Gasteiger partial charge in [-0.3, -0.25) is 4.79 Å². The van der Waals surface area contributed by atoms with E-state index >= 15 is 0 Å². The first-order valence-corrected chi connectivity index (χ1v) is 8.00. The van der Waals surface area contributed by atoms with E-state index in [1.807, 2.05) is 30.3 Å². The third-order valence-corrected chi connectivity index (χ3v) is 3.35. The van der Waals surface area contributed by atoms with Crippen molar-refractivity contribution in [1.82, 2.24) is 10.6 Å². The lowest BCUT2D eigenvalue weighted by Crippen LogP contribution is -2.49. The Morgan fingerprint density at radius 2 is 1.83 bits per heavy atom. The van der Waals surface area contributed by atoms with Crippen LogP contribution in [-0.4, -0.2) is 42.3 Å². The van der Waals surface area contributed by atoms with Crippen LogP contribution >= 0.6 is 12.2 Å². The standard InChI is InChI=1S/C17H24N2O4S/c1-17(2,3)23-16(21)19-13(10-12-8-6-5-7-9-12)15(24)18-11-14(20)22-4/h5-9,13H,10-11H2,1-4H3,(H,18,24)(H,19,21)/t13-/m0/s1.